The van der Waals surface area contributed by atoms with Gasteiger partial charge in [0.25, 0.3) is 0 Å². The second kappa shape index (κ2) is 3.88. The number of halogens is 1. The first-order chi connectivity index (χ1) is 7.84. The first-order valence-electron chi connectivity index (χ1n) is 5.54. The Hall–Kier alpha value is -1.39. The number of nitrogens with zero attached hydrogens (tertiary/aromatic N) is 1. The number of hydrogen-bond acceptors (Lipinski definition) is 3. The van der Waals surface area contributed by atoms with Crippen LogP contribution in [0.15, 0.2) is 30.5 Å². The SMILES string of the molecule is Fc1cccc(C2=CNN3CCNCC23)c1. The normalized spacial score (nSPS) is 24.8. The summed E-state index contributed by atoms with van der Waals surface area (Å²) in [6.45, 7) is 2.88. The van der Waals surface area contributed by atoms with Crippen LogP contribution in [0.5, 0.6) is 0 Å². The molecule has 0 amide bonds. The fourth-order valence-electron chi connectivity index (χ4n) is 2.33. The predicted octanol–water partition coefficient (Wildman–Crippen LogP) is 0.959. The largest absolute Gasteiger partial charge is 0.325 e. The van der Waals surface area contributed by atoms with E-state index >= 15 is 0 Å². The lowest BCUT2D eigenvalue weighted by molar-refractivity contribution is 0.172. The molecule has 0 radical (unpaired) electrons. The molecule has 1 saturated heterocycles. The van der Waals surface area contributed by atoms with Gasteiger partial charge in [-0.25, -0.2) is 9.40 Å². The lowest BCUT2D eigenvalue weighted by atomic mass is 9.99. The highest BCUT2D eigenvalue weighted by atomic mass is 19.1. The molecule has 1 atom stereocenters. The molecule has 2 aliphatic heterocycles. The van der Waals surface area contributed by atoms with Gasteiger partial charge in [0.15, 0.2) is 0 Å². The van der Waals surface area contributed by atoms with Crippen LogP contribution in [-0.2, 0) is 0 Å². The molecule has 0 bridgehead atoms. The fraction of sp³-hybridized carbons (Fsp3) is 0.333. The zero-order valence-corrected chi connectivity index (χ0v) is 8.91. The van der Waals surface area contributed by atoms with Gasteiger partial charge in [-0.1, -0.05) is 12.1 Å². The van der Waals surface area contributed by atoms with E-state index in [1.54, 1.807) is 12.1 Å². The summed E-state index contributed by atoms with van der Waals surface area (Å²) in [6.07, 6.45) is 1.98. The minimum Gasteiger partial charge on any atom is -0.325 e. The second-order valence-corrected chi connectivity index (χ2v) is 4.15. The summed E-state index contributed by atoms with van der Waals surface area (Å²) in [7, 11) is 0. The Balaban J connectivity index is 1.90. The Morgan fingerprint density at radius 1 is 1.38 bits per heavy atom. The molecule has 84 valence electrons. The van der Waals surface area contributed by atoms with Gasteiger partial charge in [-0.2, -0.15) is 0 Å². The van der Waals surface area contributed by atoms with E-state index in [1.807, 2.05) is 12.3 Å². The van der Waals surface area contributed by atoms with E-state index < -0.39 is 0 Å². The van der Waals surface area contributed by atoms with Crippen LogP contribution in [0.1, 0.15) is 5.56 Å². The molecule has 1 unspecified atom stereocenters. The maximum absolute atomic E-state index is 13.2. The van der Waals surface area contributed by atoms with E-state index in [4.69, 9.17) is 0 Å². The second-order valence-electron chi connectivity index (χ2n) is 4.15. The summed E-state index contributed by atoms with van der Waals surface area (Å²) in [6, 6.07) is 7.09. The van der Waals surface area contributed by atoms with Gasteiger partial charge in [0.05, 0.1) is 6.04 Å². The molecule has 0 saturated carbocycles. The quantitative estimate of drug-likeness (QED) is 0.736. The Kier molecular flexibility index (Phi) is 2.38. The summed E-state index contributed by atoms with van der Waals surface area (Å²) in [5.74, 6) is -0.180. The topological polar surface area (TPSA) is 27.3 Å². The van der Waals surface area contributed by atoms with E-state index in [-0.39, 0.29) is 5.82 Å². The molecule has 4 heteroatoms. The van der Waals surface area contributed by atoms with Crippen molar-refractivity contribution in [2.45, 2.75) is 6.04 Å². The molecule has 1 fully saturated rings. The summed E-state index contributed by atoms with van der Waals surface area (Å²) in [5.41, 5.74) is 5.36. The van der Waals surface area contributed by atoms with Crippen LogP contribution in [0.2, 0.25) is 0 Å². The third-order valence-corrected chi connectivity index (χ3v) is 3.15. The lowest BCUT2D eigenvalue weighted by Crippen LogP contribution is -2.52. The minimum absolute atomic E-state index is 0.180. The van der Waals surface area contributed by atoms with Crippen LogP contribution in [0, 0.1) is 5.82 Å². The zero-order chi connectivity index (χ0) is 11.0. The molecular weight excluding hydrogens is 205 g/mol. The van der Waals surface area contributed by atoms with Gasteiger partial charge in [0.2, 0.25) is 0 Å². The van der Waals surface area contributed by atoms with Crippen LogP contribution in [0.25, 0.3) is 5.57 Å². The van der Waals surface area contributed by atoms with Crippen molar-refractivity contribution in [3.8, 4) is 0 Å². The zero-order valence-electron chi connectivity index (χ0n) is 8.91. The molecule has 2 aliphatic rings. The number of hydrazine groups is 1. The van der Waals surface area contributed by atoms with Crippen molar-refractivity contribution in [1.29, 1.82) is 0 Å². The van der Waals surface area contributed by atoms with Gasteiger partial charge in [-0.3, -0.25) is 0 Å². The Morgan fingerprint density at radius 2 is 2.31 bits per heavy atom. The van der Waals surface area contributed by atoms with E-state index in [2.05, 4.69) is 15.8 Å². The lowest BCUT2D eigenvalue weighted by Gasteiger charge is -2.31. The number of benzene rings is 1. The van der Waals surface area contributed by atoms with Gasteiger partial charge < -0.3 is 10.7 Å². The number of piperazine rings is 1. The van der Waals surface area contributed by atoms with Crippen molar-refractivity contribution in [1.82, 2.24) is 15.8 Å². The summed E-state index contributed by atoms with van der Waals surface area (Å²) < 4.78 is 13.2. The van der Waals surface area contributed by atoms with E-state index in [1.165, 1.54) is 6.07 Å². The monoisotopic (exact) mass is 219 g/mol. The molecule has 2 heterocycles. The molecule has 3 nitrogen and oxygen atoms in total. The van der Waals surface area contributed by atoms with Crippen molar-refractivity contribution < 1.29 is 4.39 Å². The molecular formula is C12H14FN3. The first-order valence-corrected chi connectivity index (χ1v) is 5.54. The maximum atomic E-state index is 13.2. The van der Waals surface area contributed by atoms with Gasteiger partial charge in [-0.15, -0.1) is 0 Å². The van der Waals surface area contributed by atoms with Crippen molar-refractivity contribution in [2.75, 3.05) is 19.6 Å². The molecule has 2 N–H and O–H groups in total. The number of hydrogen-bond donors (Lipinski definition) is 2. The smallest absolute Gasteiger partial charge is 0.123 e. The van der Waals surface area contributed by atoms with Gasteiger partial charge >= 0.3 is 0 Å². The summed E-state index contributed by atoms with van der Waals surface area (Å²) >= 11 is 0. The minimum atomic E-state index is -0.180. The molecule has 0 aromatic heterocycles. The van der Waals surface area contributed by atoms with E-state index in [0.717, 1.165) is 30.8 Å². The van der Waals surface area contributed by atoms with Crippen molar-refractivity contribution in [3.05, 3.63) is 41.8 Å². The standard InChI is InChI=1S/C12H14FN3/c13-10-3-1-2-9(6-10)11-7-15-16-5-4-14-8-12(11)16/h1-3,6-7,12,14-15H,4-5,8H2. The van der Waals surface area contributed by atoms with Crippen LogP contribution < -0.4 is 10.7 Å². The molecule has 0 aliphatic carbocycles. The van der Waals surface area contributed by atoms with Gasteiger partial charge in [-0.05, 0) is 23.3 Å². The van der Waals surface area contributed by atoms with E-state index in [9.17, 15) is 4.39 Å². The van der Waals surface area contributed by atoms with Crippen LogP contribution >= 0.6 is 0 Å². The van der Waals surface area contributed by atoms with Crippen molar-refractivity contribution >= 4 is 5.57 Å². The average Bonchev–Trinajstić information content (AvgIpc) is 2.72. The van der Waals surface area contributed by atoms with Crippen LogP contribution in [0.3, 0.4) is 0 Å². The van der Waals surface area contributed by atoms with Gasteiger partial charge in [0.1, 0.15) is 5.82 Å². The highest BCUT2D eigenvalue weighted by Gasteiger charge is 2.30. The predicted molar refractivity (Wildman–Crippen MR) is 60.9 cm³/mol. The maximum Gasteiger partial charge on any atom is 0.123 e. The third kappa shape index (κ3) is 1.60. The highest BCUT2D eigenvalue weighted by molar-refractivity contribution is 5.71. The summed E-state index contributed by atoms with van der Waals surface area (Å²) in [5, 5.41) is 5.55. The van der Waals surface area contributed by atoms with E-state index in [0.29, 0.717) is 6.04 Å². The van der Waals surface area contributed by atoms with Crippen molar-refractivity contribution in [3.63, 3.8) is 0 Å². The molecule has 1 aromatic carbocycles. The number of fused-ring (bicyclic) bond motifs is 1. The average molecular weight is 219 g/mol. The van der Waals surface area contributed by atoms with Crippen LogP contribution in [0.4, 0.5) is 4.39 Å². The first kappa shape index (κ1) is 9.81. The van der Waals surface area contributed by atoms with Crippen molar-refractivity contribution in [2.24, 2.45) is 0 Å². The Bertz CT molecular complexity index is 430. The van der Waals surface area contributed by atoms with Gasteiger partial charge in [0, 0.05) is 25.8 Å². The highest BCUT2D eigenvalue weighted by Crippen LogP contribution is 2.26. The fourth-order valence-corrected chi connectivity index (χ4v) is 2.33. The summed E-state index contributed by atoms with van der Waals surface area (Å²) in [4.78, 5) is 0. The van der Waals surface area contributed by atoms with Crippen LogP contribution in [-0.4, -0.2) is 30.7 Å². The molecule has 3 rings (SSSR count). The Morgan fingerprint density at radius 3 is 3.19 bits per heavy atom. The molecule has 0 spiro atoms. The number of nitrogens with one attached hydrogen (secondary N) is 2. The number of rotatable bonds is 1. The molecule has 16 heavy (non-hydrogen) atoms. The molecule has 1 aromatic rings. The third-order valence-electron chi connectivity index (χ3n) is 3.15. The Labute approximate surface area is 93.9 Å².